The van der Waals surface area contributed by atoms with Crippen LogP contribution >= 0.6 is 0 Å². The molecule has 10 heteroatoms. The number of hydrogen-bond acceptors (Lipinski definition) is 7. The minimum atomic E-state index is -0.750. The van der Waals surface area contributed by atoms with Gasteiger partial charge in [-0.15, -0.1) is 0 Å². The largest absolute Gasteiger partial charge is 0.467 e. The number of imide groups is 1. The summed E-state index contributed by atoms with van der Waals surface area (Å²) in [5.41, 5.74) is 0.976. The van der Waals surface area contributed by atoms with Gasteiger partial charge in [0, 0.05) is 0 Å². The van der Waals surface area contributed by atoms with E-state index in [9.17, 15) is 14.4 Å². The molecule has 0 saturated carbocycles. The lowest BCUT2D eigenvalue weighted by atomic mass is 10.2. The van der Waals surface area contributed by atoms with E-state index < -0.39 is 24.5 Å². The van der Waals surface area contributed by atoms with Gasteiger partial charge in [-0.3, -0.25) is 10.1 Å². The van der Waals surface area contributed by atoms with Crippen LogP contribution in [0.5, 0.6) is 0 Å². The zero-order valence-corrected chi connectivity index (χ0v) is 14.0. The molecule has 0 fully saturated rings. The molecule has 3 rings (SSSR count). The molecule has 2 N–H and O–H groups in total. The molecule has 2 aromatic heterocycles. The molecule has 0 unspecified atom stereocenters. The lowest BCUT2D eigenvalue weighted by Crippen LogP contribution is -2.41. The van der Waals surface area contributed by atoms with Gasteiger partial charge in [-0.05, 0) is 36.4 Å². The van der Waals surface area contributed by atoms with Crippen LogP contribution in [-0.4, -0.2) is 39.3 Å². The molecule has 0 radical (unpaired) electrons. The second-order valence-electron chi connectivity index (χ2n) is 5.27. The first-order valence-electron chi connectivity index (χ1n) is 7.84. The van der Waals surface area contributed by atoms with Crippen LogP contribution in [0.15, 0.2) is 59.7 Å². The average Bonchev–Trinajstić information content (AvgIpc) is 3.38. The van der Waals surface area contributed by atoms with Crippen molar-refractivity contribution < 1.29 is 23.5 Å². The van der Waals surface area contributed by atoms with Crippen molar-refractivity contribution in [1.82, 2.24) is 25.4 Å². The summed E-state index contributed by atoms with van der Waals surface area (Å²) < 4.78 is 11.5. The van der Waals surface area contributed by atoms with Gasteiger partial charge in [-0.1, -0.05) is 0 Å². The number of aromatic nitrogens is 3. The third-order valence-electron chi connectivity index (χ3n) is 3.38. The third-order valence-corrected chi connectivity index (χ3v) is 3.38. The zero-order valence-electron chi connectivity index (χ0n) is 14.0. The van der Waals surface area contributed by atoms with Crippen LogP contribution < -0.4 is 10.6 Å². The summed E-state index contributed by atoms with van der Waals surface area (Å²) in [6.45, 7) is -0.456. The molecule has 0 aliphatic rings. The normalized spacial score (nSPS) is 10.2. The van der Waals surface area contributed by atoms with E-state index in [4.69, 9.17) is 9.15 Å². The molecule has 3 amide bonds. The first-order valence-corrected chi connectivity index (χ1v) is 7.84. The van der Waals surface area contributed by atoms with Gasteiger partial charge in [0.15, 0.2) is 6.61 Å². The molecule has 0 saturated heterocycles. The summed E-state index contributed by atoms with van der Waals surface area (Å²) in [6.07, 6.45) is 4.39. The van der Waals surface area contributed by atoms with Crippen LogP contribution in [0, 0.1) is 0 Å². The summed E-state index contributed by atoms with van der Waals surface area (Å²) in [7, 11) is 0. The zero-order chi connectivity index (χ0) is 19.1. The van der Waals surface area contributed by atoms with Crippen molar-refractivity contribution in [2.75, 3.05) is 6.61 Å². The Hall–Kier alpha value is -3.95. The van der Waals surface area contributed by atoms with Crippen LogP contribution in [-0.2, 0) is 16.1 Å². The Morgan fingerprint density at radius 2 is 1.96 bits per heavy atom. The molecule has 0 spiro atoms. The molecule has 0 aliphatic heterocycles. The second kappa shape index (κ2) is 8.43. The molecule has 0 aliphatic carbocycles. The van der Waals surface area contributed by atoms with Gasteiger partial charge >= 0.3 is 12.0 Å². The number of nitrogens with one attached hydrogen (secondary N) is 2. The van der Waals surface area contributed by atoms with Crippen LogP contribution in [0.25, 0.3) is 5.69 Å². The Morgan fingerprint density at radius 1 is 1.15 bits per heavy atom. The van der Waals surface area contributed by atoms with Crippen molar-refractivity contribution in [1.29, 1.82) is 0 Å². The maximum atomic E-state index is 12.0. The Kier molecular flexibility index (Phi) is 5.57. The van der Waals surface area contributed by atoms with E-state index in [0.29, 0.717) is 5.76 Å². The molecule has 27 heavy (non-hydrogen) atoms. The lowest BCUT2D eigenvalue weighted by Gasteiger charge is -2.07. The Morgan fingerprint density at radius 3 is 2.63 bits per heavy atom. The first-order chi connectivity index (χ1) is 13.1. The predicted octanol–water partition coefficient (Wildman–Crippen LogP) is 1.04. The van der Waals surface area contributed by atoms with E-state index >= 15 is 0 Å². The van der Waals surface area contributed by atoms with Crippen LogP contribution in [0.4, 0.5) is 4.79 Å². The Labute approximate surface area is 153 Å². The van der Waals surface area contributed by atoms with E-state index in [1.165, 1.54) is 35.7 Å². The summed E-state index contributed by atoms with van der Waals surface area (Å²) in [5, 5.41) is 8.46. The Bertz CT molecular complexity index is 904. The summed E-state index contributed by atoms with van der Waals surface area (Å²) in [5.74, 6) is -0.899. The fourth-order valence-corrected chi connectivity index (χ4v) is 2.09. The average molecular weight is 369 g/mol. The van der Waals surface area contributed by atoms with E-state index in [2.05, 4.69) is 20.7 Å². The number of amides is 3. The number of benzene rings is 1. The third kappa shape index (κ3) is 5.01. The van der Waals surface area contributed by atoms with Gasteiger partial charge in [-0.25, -0.2) is 19.3 Å². The van der Waals surface area contributed by atoms with Gasteiger partial charge in [0.1, 0.15) is 18.4 Å². The van der Waals surface area contributed by atoms with Crippen LogP contribution in [0.1, 0.15) is 16.1 Å². The molecular weight excluding hydrogens is 354 g/mol. The molecule has 1 aromatic carbocycles. The molecular formula is C17H15N5O5. The number of urea groups is 1. The number of furan rings is 1. The molecule has 0 atom stereocenters. The van der Waals surface area contributed by atoms with E-state index in [1.54, 1.807) is 24.3 Å². The quantitative estimate of drug-likeness (QED) is 0.621. The van der Waals surface area contributed by atoms with Gasteiger partial charge in [0.05, 0.1) is 24.1 Å². The maximum absolute atomic E-state index is 12.0. The van der Waals surface area contributed by atoms with E-state index in [1.807, 2.05) is 0 Å². The van der Waals surface area contributed by atoms with Crippen molar-refractivity contribution in [3.05, 3.63) is 66.6 Å². The fraction of sp³-hybridized carbons (Fsp3) is 0.118. The summed E-state index contributed by atoms with van der Waals surface area (Å²) in [6, 6.07) is 9.03. The highest BCUT2D eigenvalue weighted by Crippen LogP contribution is 2.09. The maximum Gasteiger partial charge on any atom is 0.338 e. The highest BCUT2D eigenvalue weighted by molar-refractivity contribution is 5.97. The summed E-state index contributed by atoms with van der Waals surface area (Å²) >= 11 is 0. The second-order valence-corrected chi connectivity index (χ2v) is 5.27. The fourth-order valence-electron chi connectivity index (χ4n) is 2.09. The van der Waals surface area contributed by atoms with Crippen molar-refractivity contribution in [2.24, 2.45) is 0 Å². The van der Waals surface area contributed by atoms with Crippen molar-refractivity contribution in [3.8, 4) is 5.69 Å². The number of nitrogens with zero attached hydrogens (tertiary/aromatic N) is 3. The van der Waals surface area contributed by atoms with Gasteiger partial charge in [0.25, 0.3) is 5.91 Å². The van der Waals surface area contributed by atoms with E-state index in [-0.39, 0.29) is 12.1 Å². The van der Waals surface area contributed by atoms with E-state index in [0.717, 1.165) is 5.69 Å². The number of esters is 1. The number of carbonyl (C=O) groups excluding carboxylic acids is 3. The number of ether oxygens (including phenoxy) is 1. The van der Waals surface area contributed by atoms with Crippen molar-refractivity contribution in [2.45, 2.75) is 6.54 Å². The number of hydrogen-bond donors (Lipinski definition) is 2. The minimum absolute atomic E-state index is 0.129. The smallest absolute Gasteiger partial charge is 0.338 e. The van der Waals surface area contributed by atoms with Gasteiger partial charge < -0.3 is 14.5 Å². The first kappa shape index (κ1) is 17.9. The standard InChI is InChI=1S/C17H15N5O5/c23-15(21-17(25)19-8-14-2-1-7-26-14)9-27-16(24)12-3-5-13(6-4-12)22-11-18-10-20-22/h1-7,10-11H,8-9H2,(H2,19,21,23,25). The highest BCUT2D eigenvalue weighted by Gasteiger charge is 2.13. The monoisotopic (exact) mass is 369 g/mol. The van der Waals surface area contributed by atoms with Gasteiger partial charge in [-0.2, -0.15) is 5.10 Å². The van der Waals surface area contributed by atoms with Crippen LogP contribution in [0.3, 0.4) is 0 Å². The molecule has 138 valence electrons. The van der Waals surface area contributed by atoms with Crippen molar-refractivity contribution >= 4 is 17.9 Å². The SMILES string of the molecule is O=C(COC(=O)c1ccc(-n2cncn2)cc1)NC(=O)NCc1ccco1. The highest BCUT2D eigenvalue weighted by atomic mass is 16.5. The van der Waals surface area contributed by atoms with Crippen molar-refractivity contribution in [3.63, 3.8) is 0 Å². The lowest BCUT2D eigenvalue weighted by molar-refractivity contribution is -0.123. The Balaban J connectivity index is 1.42. The predicted molar refractivity (Wildman–Crippen MR) is 90.7 cm³/mol. The topological polar surface area (TPSA) is 128 Å². The molecule has 3 aromatic rings. The number of carbonyl (C=O) groups is 3. The molecule has 0 bridgehead atoms. The summed E-state index contributed by atoms with van der Waals surface area (Å²) in [4.78, 5) is 39.0. The number of rotatable bonds is 6. The molecule has 2 heterocycles. The molecule has 10 nitrogen and oxygen atoms in total. The van der Waals surface area contributed by atoms with Gasteiger partial charge in [0.2, 0.25) is 0 Å². The minimum Gasteiger partial charge on any atom is -0.467 e. The van der Waals surface area contributed by atoms with Crippen LogP contribution in [0.2, 0.25) is 0 Å².